The smallest absolute Gasteiger partial charge is 0.253 e. The third-order valence-electron chi connectivity index (χ3n) is 4.41. The highest BCUT2D eigenvalue weighted by Crippen LogP contribution is 2.17. The third kappa shape index (κ3) is 4.32. The highest BCUT2D eigenvalue weighted by Gasteiger charge is 2.21. The lowest BCUT2D eigenvalue weighted by Gasteiger charge is -2.32. The molecule has 0 spiro atoms. The van der Waals surface area contributed by atoms with Crippen molar-refractivity contribution in [3.8, 4) is 5.75 Å². The second kappa shape index (κ2) is 7.93. The van der Waals surface area contributed by atoms with Gasteiger partial charge in [-0.15, -0.1) is 0 Å². The number of likely N-dealkylation sites (tertiary alicyclic amines) is 1. The minimum absolute atomic E-state index is 0.0308. The van der Waals surface area contributed by atoms with E-state index < -0.39 is 0 Å². The Balaban J connectivity index is 1.46. The molecular weight excluding hydrogens is 302 g/mol. The van der Waals surface area contributed by atoms with Crippen LogP contribution < -0.4 is 10.1 Å². The largest absolute Gasteiger partial charge is 0.497 e. The van der Waals surface area contributed by atoms with Crippen LogP contribution in [0.3, 0.4) is 0 Å². The summed E-state index contributed by atoms with van der Waals surface area (Å²) in [6, 6.07) is 12.0. The monoisotopic (exact) mass is 325 g/mol. The first-order valence-corrected chi connectivity index (χ1v) is 8.31. The Kier molecular flexibility index (Phi) is 5.43. The van der Waals surface area contributed by atoms with Gasteiger partial charge < -0.3 is 10.1 Å². The van der Waals surface area contributed by atoms with Crippen LogP contribution in [0.25, 0.3) is 0 Å². The summed E-state index contributed by atoms with van der Waals surface area (Å²) in [6.07, 6.45) is 5.23. The molecule has 0 saturated carbocycles. The van der Waals surface area contributed by atoms with Crippen molar-refractivity contribution in [1.29, 1.82) is 0 Å². The molecule has 1 aromatic carbocycles. The van der Waals surface area contributed by atoms with Crippen LogP contribution in [0.15, 0.2) is 48.8 Å². The average molecular weight is 325 g/mol. The summed E-state index contributed by atoms with van der Waals surface area (Å²) < 4.78 is 5.19. The van der Waals surface area contributed by atoms with E-state index in [1.807, 2.05) is 12.1 Å². The van der Waals surface area contributed by atoms with E-state index >= 15 is 0 Å². The first kappa shape index (κ1) is 16.5. The number of methoxy groups -OCH3 is 1. The average Bonchev–Trinajstić information content (AvgIpc) is 2.65. The molecule has 2 heterocycles. The van der Waals surface area contributed by atoms with Crippen molar-refractivity contribution in [3.63, 3.8) is 0 Å². The minimum atomic E-state index is -0.0308. The van der Waals surface area contributed by atoms with E-state index in [9.17, 15) is 4.79 Å². The molecular formula is C19H23N3O2. The van der Waals surface area contributed by atoms with Gasteiger partial charge in [-0.3, -0.25) is 14.7 Å². The zero-order chi connectivity index (χ0) is 16.8. The SMILES string of the molecule is COc1ccc(CN2CCC(NC(=O)c3cccnc3)CC2)cc1. The second-order valence-electron chi connectivity index (χ2n) is 6.11. The molecule has 0 aliphatic carbocycles. The summed E-state index contributed by atoms with van der Waals surface area (Å²) in [5.74, 6) is 0.854. The van der Waals surface area contributed by atoms with Crippen molar-refractivity contribution < 1.29 is 9.53 Å². The Morgan fingerprint density at radius 2 is 2.00 bits per heavy atom. The molecule has 1 saturated heterocycles. The zero-order valence-electron chi connectivity index (χ0n) is 13.9. The number of nitrogens with one attached hydrogen (secondary N) is 1. The van der Waals surface area contributed by atoms with Gasteiger partial charge in [0.25, 0.3) is 5.91 Å². The molecule has 1 aliphatic rings. The van der Waals surface area contributed by atoms with E-state index in [2.05, 4.69) is 27.3 Å². The predicted octanol–water partition coefficient (Wildman–Crippen LogP) is 2.48. The molecule has 0 unspecified atom stereocenters. The van der Waals surface area contributed by atoms with Gasteiger partial charge in [-0.1, -0.05) is 12.1 Å². The van der Waals surface area contributed by atoms with Gasteiger partial charge in [0.05, 0.1) is 12.7 Å². The normalized spacial score (nSPS) is 15.9. The Morgan fingerprint density at radius 3 is 2.62 bits per heavy atom. The van der Waals surface area contributed by atoms with Gasteiger partial charge in [0.2, 0.25) is 0 Å². The van der Waals surface area contributed by atoms with Crippen LogP contribution in [0.4, 0.5) is 0 Å². The van der Waals surface area contributed by atoms with Crippen LogP contribution in [0.2, 0.25) is 0 Å². The molecule has 1 N–H and O–H groups in total. The van der Waals surface area contributed by atoms with Gasteiger partial charge in [0.15, 0.2) is 0 Å². The van der Waals surface area contributed by atoms with Gasteiger partial charge in [-0.05, 0) is 42.7 Å². The summed E-state index contributed by atoms with van der Waals surface area (Å²) >= 11 is 0. The third-order valence-corrected chi connectivity index (χ3v) is 4.41. The molecule has 2 aromatic rings. The number of nitrogens with zero attached hydrogens (tertiary/aromatic N) is 2. The molecule has 24 heavy (non-hydrogen) atoms. The fourth-order valence-corrected chi connectivity index (χ4v) is 2.99. The summed E-state index contributed by atoms with van der Waals surface area (Å²) in [7, 11) is 1.68. The quantitative estimate of drug-likeness (QED) is 0.918. The molecule has 0 bridgehead atoms. The first-order chi connectivity index (χ1) is 11.7. The molecule has 126 valence electrons. The molecule has 0 radical (unpaired) electrons. The van der Waals surface area contributed by atoms with Crippen LogP contribution in [-0.2, 0) is 6.54 Å². The number of amides is 1. The molecule has 3 rings (SSSR count). The molecule has 5 heteroatoms. The number of hydrogen-bond donors (Lipinski definition) is 1. The second-order valence-corrected chi connectivity index (χ2v) is 6.11. The number of carbonyl (C=O) groups excluding carboxylic acids is 1. The number of rotatable bonds is 5. The lowest BCUT2D eigenvalue weighted by molar-refractivity contribution is 0.0908. The van der Waals surface area contributed by atoms with Crippen molar-refractivity contribution in [2.75, 3.05) is 20.2 Å². The van der Waals surface area contributed by atoms with E-state index in [0.717, 1.165) is 38.2 Å². The number of piperidine rings is 1. The Morgan fingerprint density at radius 1 is 1.25 bits per heavy atom. The minimum Gasteiger partial charge on any atom is -0.497 e. The number of hydrogen-bond acceptors (Lipinski definition) is 4. The molecule has 1 aromatic heterocycles. The van der Waals surface area contributed by atoms with Crippen molar-refractivity contribution in [1.82, 2.24) is 15.2 Å². The van der Waals surface area contributed by atoms with Crippen LogP contribution in [0.5, 0.6) is 5.75 Å². The van der Waals surface area contributed by atoms with Crippen molar-refractivity contribution in [2.45, 2.75) is 25.4 Å². The van der Waals surface area contributed by atoms with Gasteiger partial charge >= 0.3 is 0 Å². The lowest BCUT2D eigenvalue weighted by atomic mass is 10.0. The van der Waals surface area contributed by atoms with E-state index in [4.69, 9.17) is 4.74 Å². The van der Waals surface area contributed by atoms with E-state index in [-0.39, 0.29) is 11.9 Å². The van der Waals surface area contributed by atoms with Gasteiger partial charge in [0.1, 0.15) is 5.75 Å². The number of aromatic nitrogens is 1. The van der Waals surface area contributed by atoms with Crippen LogP contribution in [-0.4, -0.2) is 42.0 Å². The highest BCUT2D eigenvalue weighted by atomic mass is 16.5. The van der Waals surface area contributed by atoms with Crippen molar-refractivity contribution >= 4 is 5.91 Å². The Hall–Kier alpha value is -2.40. The summed E-state index contributed by atoms with van der Waals surface area (Å²) in [5, 5.41) is 3.11. The van der Waals surface area contributed by atoms with Crippen LogP contribution in [0.1, 0.15) is 28.8 Å². The number of pyridine rings is 1. The predicted molar refractivity (Wildman–Crippen MR) is 93.0 cm³/mol. The molecule has 0 atom stereocenters. The fourth-order valence-electron chi connectivity index (χ4n) is 2.99. The standard InChI is InChI=1S/C19H23N3O2/c1-24-18-6-4-15(5-7-18)14-22-11-8-17(9-12-22)21-19(23)16-3-2-10-20-13-16/h2-7,10,13,17H,8-9,11-12,14H2,1H3,(H,21,23). The topological polar surface area (TPSA) is 54.5 Å². The Bertz CT molecular complexity index is 650. The van der Waals surface area contributed by atoms with Crippen LogP contribution >= 0.6 is 0 Å². The molecule has 5 nitrogen and oxygen atoms in total. The van der Waals surface area contributed by atoms with E-state index in [1.54, 1.807) is 31.6 Å². The van der Waals surface area contributed by atoms with Crippen molar-refractivity contribution in [2.24, 2.45) is 0 Å². The summed E-state index contributed by atoms with van der Waals surface area (Å²) in [6.45, 7) is 2.92. The summed E-state index contributed by atoms with van der Waals surface area (Å²) in [5.41, 5.74) is 1.91. The van der Waals surface area contributed by atoms with E-state index in [0.29, 0.717) is 5.56 Å². The van der Waals surface area contributed by atoms with Crippen LogP contribution in [0, 0.1) is 0 Å². The maximum absolute atomic E-state index is 12.2. The summed E-state index contributed by atoms with van der Waals surface area (Å²) in [4.78, 5) is 18.6. The maximum Gasteiger partial charge on any atom is 0.253 e. The lowest BCUT2D eigenvalue weighted by Crippen LogP contribution is -2.44. The van der Waals surface area contributed by atoms with Gasteiger partial charge in [-0.2, -0.15) is 0 Å². The number of benzene rings is 1. The Labute approximate surface area is 142 Å². The fraction of sp³-hybridized carbons (Fsp3) is 0.368. The number of ether oxygens (including phenoxy) is 1. The van der Waals surface area contributed by atoms with Gasteiger partial charge in [-0.25, -0.2) is 0 Å². The van der Waals surface area contributed by atoms with E-state index in [1.165, 1.54) is 5.56 Å². The van der Waals surface area contributed by atoms with Gasteiger partial charge in [0, 0.05) is 38.1 Å². The molecule has 1 aliphatic heterocycles. The molecule has 1 amide bonds. The first-order valence-electron chi connectivity index (χ1n) is 8.31. The zero-order valence-corrected chi connectivity index (χ0v) is 13.9. The number of carbonyl (C=O) groups is 1. The van der Waals surface area contributed by atoms with Crippen molar-refractivity contribution in [3.05, 3.63) is 59.9 Å². The molecule has 1 fully saturated rings. The highest BCUT2D eigenvalue weighted by molar-refractivity contribution is 5.94. The maximum atomic E-state index is 12.2.